The van der Waals surface area contributed by atoms with Crippen LogP contribution in [0.1, 0.15) is 43.0 Å². The van der Waals surface area contributed by atoms with E-state index in [0.717, 1.165) is 5.56 Å². The molecule has 4 rings (SSSR count). The maximum Gasteiger partial charge on any atom is 0.295 e. The van der Waals surface area contributed by atoms with E-state index >= 15 is 0 Å². The molecule has 1 N–H and O–H groups in total. The molecule has 1 aliphatic heterocycles. The number of ether oxygens (including phenoxy) is 3. The van der Waals surface area contributed by atoms with Crippen LogP contribution in [-0.2, 0) is 16.2 Å². The van der Waals surface area contributed by atoms with Crippen molar-refractivity contribution in [2.75, 3.05) is 20.3 Å². The minimum Gasteiger partial charge on any atom is -0.507 e. The molecule has 38 heavy (non-hydrogen) atoms. The van der Waals surface area contributed by atoms with Crippen molar-refractivity contribution >= 4 is 29.1 Å². The molecule has 1 heterocycles. The fourth-order valence-electron chi connectivity index (χ4n) is 4.48. The zero-order chi connectivity index (χ0) is 27.2. The van der Waals surface area contributed by atoms with E-state index in [4.69, 9.17) is 25.8 Å². The highest BCUT2D eigenvalue weighted by atomic mass is 35.5. The summed E-state index contributed by atoms with van der Waals surface area (Å²) in [6.45, 7) is 4.76. The largest absolute Gasteiger partial charge is 0.507 e. The number of likely N-dealkylation sites (tertiary alicyclic amines) is 1. The van der Waals surface area contributed by atoms with E-state index in [2.05, 4.69) is 0 Å². The molecule has 3 aromatic rings. The Morgan fingerprint density at radius 2 is 1.71 bits per heavy atom. The first-order chi connectivity index (χ1) is 18.4. The highest BCUT2D eigenvalue weighted by Gasteiger charge is 2.46. The van der Waals surface area contributed by atoms with E-state index in [1.54, 1.807) is 43.5 Å². The van der Waals surface area contributed by atoms with Crippen LogP contribution in [0, 0.1) is 0 Å². The second-order valence-corrected chi connectivity index (χ2v) is 9.16. The topological polar surface area (TPSA) is 85.3 Å². The second-order valence-electron chi connectivity index (χ2n) is 8.76. The minimum absolute atomic E-state index is 0.00704. The van der Waals surface area contributed by atoms with Crippen LogP contribution in [0.25, 0.3) is 5.76 Å². The van der Waals surface area contributed by atoms with Gasteiger partial charge in [0.15, 0.2) is 11.5 Å². The summed E-state index contributed by atoms with van der Waals surface area (Å²) in [5.41, 5.74) is 1.91. The number of aliphatic hydroxyl groups excluding tert-OH is 1. The summed E-state index contributed by atoms with van der Waals surface area (Å²) in [6.07, 6.45) is 0.631. The fourth-order valence-corrected chi connectivity index (χ4v) is 4.65. The number of aliphatic hydroxyl groups is 1. The van der Waals surface area contributed by atoms with Crippen molar-refractivity contribution < 1.29 is 28.9 Å². The monoisotopic (exact) mass is 535 g/mol. The zero-order valence-corrected chi connectivity index (χ0v) is 22.3. The number of amides is 1. The summed E-state index contributed by atoms with van der Waals surface area (Å²) in [4.78, 5) is 27.8. The summed E-state index contributed by atoms with van der Waals surface area (Å²) in [7, 11) is 1.55. The molecule has 0 spiro atoms. The summed E-state index contributed by atoms with van der Waals surface area (Å²) in [6, 6.07) is 18.9. The Kier molecular flexibility index (Phi) is 8.59. The maximum atomic E-state index is 13.3. The molecule has 0 aliphatic carbocycles. The molecule has 198 valence electrons. The number of methoxy groups -OCH3 is 1. The van der Waals surface area contributed by atoms with Gasteiger partial charge in [0.1, 0.15) is 18.1 Å². The molecule has 1 saturated heterocycles. The molecule has 0 aromatic heterocycles. The van der Waals surface area contributed by atoms with E-state index in [1.807, 2.05) is 44.2 Å². The standard InChI is InChI=1S/C30H30ClNO6/c1-4-15-32-27(20-12-14-23(36-3)25(16-20)38-18-19-9-7-6-8-10-19)26(29(34)30(32)35)28(33)21-11-13-22(31)24(17-21)37-5-2/h6-14,16-17,27,33H,4-5,15,18H2,1-3H3/b28-26-. The number of Topliss-reactive ketones (excluding diaryl/α,β-unsaturated/α-hetero) is 1. The first kappa shape index (κ1) is 27.1. The molecule has 7 nitrogen and oxygen atoms in total. The van der Waals surface area contributed by atoms with Gasteiger partial charge < -0.3 is 24.2 Å². The van der Waals surface area contributed by atoms with E-state index in [1.165, 1.54) is 4.90 Å². The van der Waals surface area contributed by atoms with Crippen molar-refractivity contribution in [3.05, 3.63) is 94.0 Å². The number of hydrogen-bond acceptors (Lipinski definition) is 6. The fraction of sp³-hybridized carbons (Fsp3) is 0.267. The van der Waals surface area contributed by atoms with Gasteiger partial charge in [-0.05, 0) is 54.8 Å². The predicted molar refractivity (Wildman–Crippen MR) is 146 cm³/mol. The SMILES string of the molecule is CCCN1C(=O)C(=O)/C(=C(\O)c2ccc(Cl)c(OCC)c2)C1c1ccc(OC)c(OCc2ccccc2)c1. The second kappa shape index (κ2) is 12.0. The van der Waals surface area contributed by atoms with E-state index in [9.17, 15) is 14.7 Å². The van der Waals surface area contributed by atoms with Crippen LogP contribution < -0.4 is 14.2 Å². The van der Waals surface area contributed by atoms with Crippen LogP contribution in [0.4, 0.5) is 0 Å². The molecule has 1 amide bonds. The molecule has 1 fully saturated rings. The van der Waals surface area contributed by atoms with Gasteiger partial charge in [0.05, 0.1) is 30.4 Å². The molecular weight excluding hydrogens is 506 g/mol. The van der Waals surface area contributed by atoms with Crippen molar-refractivity contribution in [3.8, 4) is 17.2 Å². The Labute approximate surface area is 227 Å². The Hall–Kier alpha value is -3.97. The van der Waals surface area contributed by atoms with Gasteiger partial charge in [-0.2, -0.15) is 0 Å². The van der Waals surface area contributed by atoms with Gasteiger partial charge in [0, 0.05) is 12.1 Å². The van der Waals surface area contributed by atoms with Crippen LogP contribution in [0.5, 0.6) is 17.2 Å². The lowest BCUT2D eigenvalue weighted by Crippen LogP contribution is -2.30. The summed E-state index contributed by atoms with van der Waals surface area (Å²) >= 11 is 6.22. The van der Waals surface area contributed by atoms with Crippen LogP contribution in [0.2, 0.25) is 5.02 Å². The molecular formula is C30H30ClNO6. The van der Waals surface area contributed by atoms with Crippen LogP contribution in [0.3, 0.4) is 0 Å². The molecule has 0 radical (unpaired) electrons. The van der Waals surface area contributed by atoms with Crippen LogP contribution in [0.15, 0.2) is 72.3 Å². The Bertz CT molecular complexity index is 1350. The molecule has 1 atom stereocenters. The number of ketones is 1. The first-order valence-corrected chi connectivity index (χ1v) is 12.8. The molecule has 0 bridgehead atoms. The third-order valence-electron chi connectivity index (χ3n) is 6.25. The lowest BCUT2D eigenvalue weighted by Gasteiger charge is -2.25. The first-order valence-electron chi connectivity index (χ1n) is 12.4. The number of halogens is 1. The smallest absolute Gasteiger partial charge is 0.295 e. The number of nitrogens with zero attached hydrogens (tertiary/aromatic N) is 1. The summed E-state index contributed by atoms with van der Waals surface area (Å²) in [5, 5.41) is 11.7. The van der Waals surface area contributed by atoms with Gasteiger partial charge >= 0.3 is 0 Å². The third-order valence-corrected chi connectivity index (χ3v) is 6.56. The highest BCUT2D eigenvalue weighted by molar-refractivity contribution is 6.46. The predicted octanol–water partition coefficient (Wildman–Crippen LogP) is 6.16. The summed E-state index contributed by atoms with van der Waals surface area (Å²) < 4.78 is 17.1. The number of hydrogen-bond donors (Lipinski definition) is 1. The van der Waals surface area contributed by atoms with Crippen molar-refractivity contribution in [3.63, 3.8) is 0 Å². The van der Waals surface area contributed by atoms with Gasteiger partial charge in [0.25, 0.3) is 11.7 Å². The zero-order valence-electron chi connectivity index (χ0n) is 21.6. The Morgan fingerprint density at radius 3 is 2.39 bits per heavy atom. The van der Waals surface area contributed by atoms with Crippen LogP contribution in [-0.4, -0.2) is 42.0 Å². The van der Waals surface area contributed by atoms with E-state index in [0.29, 0.717) is 59.6 Å². The third kappa shape index (κ3) is 5.48. The Balaban J connectivity index is 1.80. The minimum atomic E-state index is -0.814. The number of carbonyl (C=O) groups excluding carboxylic acids is 2. The van der Waals surface area contributed by atoms with Crippen molar-refractivity contribution in [2.24, 2.45) is 0 Å². The van der Waals surface area contributed by atoms with Gasteiger partial charge in [-0.15, -0.1) is 0 Å². The molecule has 3 aromatic carbocycles. The number of carbonyl (C=O) groups is 2. The van der Waals surface area contributed by atoms with Gasteiger partial charge in [-0.1, -0.05) is 54.9 Å². The van der Waals surface area contributed by atoms with Gasteiger partial charge in [-0.3, -0.25) is 9.59 Å². The average Bonchev–Trinajstić information content (AvgIpc) is 3.18. The lowest BCUT2D eigenvalue weighted by atomic mass is 9.95. The van der Waals surface area contributed by atoms with Crippen molar-refractivity contribution in [1.29, 1.82) is 0 Å². The molecule has 1 aliphatic rings. The van der Waals surface area contributed by atoms with E-state index in [-0.39, 0.29) is 11.3 Å². The number of rotatable bonds is 10. The molecule has 0 saturated carbocycles. The molecule has 1 unspecified atom stereocenters. The normalized spacial score (nSPS) is 16.5. The van der Waals surface area contributed by atoms with Gasteiger partial charge in [0.2, 0.25) is 0 Å². The maximum absolute atomic E-state index is 13.3. The van der Waals surface area contributed by atoms with Crippen LogP contribution >= 0.6 is 11.6 Å². The highest BCUT2D eigenvalue weighted by Crippen LogP contribution is 2.42. The lowest BCUT2D eigenvalue weighted by molar-refractivity contribution is -0.139. The van der Waals surface area contributed by atoms with Crippen molar-refractivity contribution in [1.82, 2.24) is 4.90 Å². The van der Waals surface area contributed by atoms with Crippen molar-refractivity contribution in [2.45, 2.75) is 32.9 Å². The average molecular weight is 536 g/mol. The Morgan fingerprint density at radius 1 is 0.947 bits per heavy atom. The number of benzene rings is 3. The summed E-state index contributed by atoms with van der Waals surface area (Å²) in [5.74, 6) is -0.376. The van der Waals surface area contributed by atoms with Gasteiger partial charge in [-0.25, -0.2) is 0 Å². The van der Waals surface area contributed by atoms with E-state index < -0.39 is 17.7 Å². The molecule has 8 heteroatoms. The quantitative estimate of drug-likeness (QED) is 0.190.